The molecular weight excluding hydrogens is 413 g/mol. The number of halogens is 2. The predicted octanol–water partition coefficient (Wildman–Crippen LogP) is 5.92. The number of hydrogen-bond donors (Lipinski definition) is 1. The van der Waals surface area contributed by atoms with E-state index >= 15 is 0 Å². The number of aromatic hydroxyl groups is 1. The molecule has 0 bridgehead atoms. The van der Waals surface area contributed by atoms with Crippen molar-refractivity contribution in [3.05, 3.63) is 57.2 Å². The van der Waals surface area contributed by atoms with E-state index in [1.807, 2.05) is 26.0 Å². The molecule has 0 saturated heterocycles. The summed E-state index contributed by atoms with van der Waals surface area (Å²) in [6.07, 6.45) is 0.624. The third-order valence-corrected chi connectivity index (χ3v) is 5.50. The van der Waals surface area contributed by atoms with Crippen LogP contribution in [0.1, 0.15) is 35.0 Å². The highest BCUT2D eigenvalue weighted by Gasteiger charge is 2.23. The molecule has 0 atom stereocenters. The first-order valence-corrected chi connectivity index (χ1v) is 10.2. The van der Waals surface area contributed by atoms with Crippen molar-refractivity contribution in [3.63, 3.8) is 0 Å². The molecule has 0 unspecified atom stereocenters. The van der Waals surface area contributed by atoms with Crippen molar-refractivity contribution < 1.29 is 19.4 Å². The van der Waals surface area contributed by atoms with E-state index in [1.165, 1.54) is 0 Å². The first-order valence-electron chi connectivity index (χ1n) is 9.40. The Morgan fingerprint density at radius 3 is 2.48 bits per heavy atom. The first kappa shape index (κ1) is 21.3. The molecule has 1 heterocycles. The summed E-state index contributed by atoms with van der Waals surface area (Å²) in [5, 5.41) is 12.3. The zero-order valence-corrected chi connectivity index (χ0v) is 18.1. The topological polar surface area (TPSA) is 60.7 Å². The summed E-state index contributed by atoms with van der Waals surface area (Å²) in [5.41, 5.74) is 2.77. The van der Waals surface area contributed by atoms with Crippen LogP contribution in [0.5, 0.6) is 11.5 Å². The number of benzene rings is 2. The lowest BCUT2D eigenvalue weighted by Gasteiger charge is -2.12. The number of fused-ring (bicyclic) bond motifs is 1. The number of carbonyl (C=O) groups excluding carboxylic acids is 1. The number of rotatable bonds is 7. The summed E-state index contributed by atoms with van der Waals surface area (Å²) in [6.45, 7) is 6.73. The molecule has 2 aromatic carbocycles. The molecule has 1 aromatic heterocycles. The minimum atomic E-state index is -0.567. The van der Waals surface area contributed by atoms with Crippen LogP contribution in [0.25, 0.3) is 10.9 Å². The fourth-order valence-electron chi connectivity index (χ4n) is 3.35. The first-order chi connectivity index (χ1) is 13.8. The van der Waals surface area contributed by atoms with Gasteiger partial charge in [0, 0.05) is 22.0 Å². The van der Waals surface area contributed by atoms with Gasteiger partial charge in [0.15, 0.2) is 11.4 Å². The van der Waals surface area contributed by atoms with Crippen molar-refractivity contribution in [2.45, 2.75) is 33.7 Å². The molecular formula is C22H23Cl2NO4. The summed E-state index contributed by atoms with van der Waals surface area (Å²) in [6, 6.07) is 8.95. The maximum atomic E-state index is 12.4. The smallest absolute Gasteiger partial charge is 0.358 e. The van der Waals surface area contributed by atoms with E-state index in [9.17, 15) is 9.90 Å². The van der Waals surface area contributed by atoms with Gasteiger partial charge in [-0.3, -0.25) is 0 Å². The highest BCUT2D eigenvalue weighted by molar-refractivity contribution is 6.32. The van der Waals surface area contributed by atoms with Gasteiger partial charge in [0.25, 0.3) is 0 Å². The summed E-state index contributed by atoms with van der Waals surface area (Å²) in [7, 11) is 0. The molecule has 154 valence electrons. The molecule has 7 heteroatoms. The standard InChI is InChI=1S/C22H23Cl2NO4/c1-4-28-22(27)20-21(26)17-12-15(23)6-7-18(17)25(20)8-5-9-29-16-10-13(2)19(24)14(3)11-16/h6-7,10-12,26H,4-5,8-9H2,1-3H3. The average Bonchev–Trinajstić information content (AvgIpc) is 2.94. The Bertz CT molecular complexity index is 1040. The summed E-state index contributed by atoms with van der Waals surface area (Å²) in [4.78, 5) is 12.4. The maximum absolute atomic E-state index is 12.4. The number of hydrogen-bond acceptors (Lipinski definition) is 4. The van der Waals surface area contributed by atoms with Crippen molar-refractivity contribution in [1.29, 1.82) is 0 Å². The molecule has 3 rings (SSSR count). The Morgan fingerprint density at radius 1 is 1.14 bits per heavy atom. The lowest BCUT2D eigenvalue weighted by atomic mass is 10.1. The molecule has 0 amide bonds. The summed E-state index contributed by atoms with van der Waals surface area (Å²) >= 11 is 12.3. The van der Waals surface area contributed by atoms with E-state index in [2.05, 4.69) is 0 Å². The molecule has 0 saturated carbocycles. The monoisotopic (exact) mass is 435 g/mol. The van der Waals surface area contributed by atoms with E-state index in [0.717, 1.165) is 21.9 Å². The van der Waals surface area contributed by atoms with Gasteiger partial charge in [0.05, 0.1) is 18.7 Å². The summed E-state index contributed by atoms with van der Waals surface area (Å²) in [5.74, 6) is 0.0648. The van der Waals surface area contributed by atoms with Gasteiger partial charge < -0.3 is 19.1 Å². The molecule has 0 aliphatic heterocycles. The number of aromatic nitrogens is 1. The number of carbonyl (C=O) groups is 1. The zero-order chi connectivity index (χ0) is 21.1. The Labute approximate surface area is 179 Å². The van der Waals surface area contributed by atoms with Crippen LogP contribution in [-0.2, 0) is 11.3 Å². The van der Waals surface area contributed by atoms with Gasteiger partial charge in [-0.25, -0.2) is 4.79 Å². The molecule has 0 aliphatic carbocycles. The Hall–Kier alpha value is -2.37. The fourth-order valence-corrected chi connectivity index (χ4v) is 3.63. The van der Waals surface area contributed by atoms with Crippen LogP contribution in [0, 0.1) is 13.8 Å². The third-order valence-electron chi connectivity index (χ3n) is 4.67. The third kappa shape index (κ3) is 4.46. The molecule has 1 N–H and O–H groups in total. The molecule has 0 fully saturated rings. The molecule has 29 heavy (non-hydrogen) atoms. The minimum Gasteiger partial charge on any atom is -0.505 e. The second-order valence-electron chi connectivity index (χ2n) is 6.80. The number of ether oxygens (including phenoxy) is 2. The molecule has 5 nitrogen and oxygen atoms in total. The zero-order valence-electron chi connectivity index (χ0n) is 16.6. The normalized spacial score (nSPS) is 11.1. The lowest BCUT2D eigenvalue weighted by molar-refractivity contribution is 0.0510. The van der Waals surface area contributed by atoms with Gasteiger partial charge in [-0.15, -0.1) is 0 Å². The number of esters is 1. The fraction of sp³-hybridized carbons (Fsp3) is 0.318. The van der Waals surface area contributed by atoms with E-state index in [1.54, 1.807) is 29.7 Å². The van der Waals surface area contributed by atoms with Crippen molar-refractivity contribution in [2.24, 2.45) is 0 Å². The van der Waals surface area contributed by atoms with Gasteiger partial charge in [-0.2, -0.15) is 0 Å². The molecule has 0 spiro atoms. The van der Waals surface area contributed by atoms with Gasteiger partial charge in [0.1, 0.15) is 5.75 Å². The largest absolute Gasteiger partial charge is 0.505 e. The SMILES string of the molecule is CCOC(=O)c1c(O)c2cc(Cl)ccc2n1CCCOc1cc(C)c(Cl)c(C)c1. The lowest BCUT2D eigenvalue weighted by Crippen LogP contribution is -2.14. The van der Waals surface area contributed by atoms with E-state index in [-0.39, 0.29) is 18.1 Å². The van der Waals surface area contributed by atoms with E-state index < -0.39 is 5.97 Å². The maximum Gasteiger partial charge on any atom is 0.358 e. The quantitative estimate of drug-likeness (QED) is 0.369. The van der Waals surface area contributed by atoms with Gasteiger partial charge in [0.2, 0.25) is 0 Å². The van der Waals surface area contributed by atoms with E-state index in [0.29, 0.717) is 35.5 Å². The average molecular weight is 436 g/mol. The second kappa shape index (κ2) is 8.97. The Kier molecular flexibility index (Phi) is 6.60. The van der Waals surface area contributed by atoms with Gasteiger partial charge in [-0.1, -0.05) is 23.2 Å². The summed E-state index contributed by atoms with van der Waals surface area (Å²) < 4.78 is 12.7. The van der Waals surface area contributed by atoms with Crippen LogP contribution in [0.2, 0.25) is 10.0 Å². The van der Waals surface area contributed by atoms with E-state index in [4.69, 9.17) is 32.7 Å². The highest BCUT2D eigenvalue weighted by Crippen LogP contribution is 2.35. The number of aryl methyl sites for hydroxylation is 3. The van der Waals surface area contributed by atoms with Crippen molar-refractivity contribution >= 4 is 40.1 Å². The van der Waals surface area contributed by atoms with Crippen LogP contribution in [0.15, 0.2) is 30.3 Å². The van der Waals surface area contributed by atoms with Gasteiger partial charge in [-0.05, 0) is 68.7 Å². The molecule has 3 aromatic rings. The van der Waals surface area contributed by atoms with Gasteiger partial charge >= 0.3 is 5.97 Å². The van der Waals surface area contributed by atoms with Crippen molar-refractivity contribution in [1.82, 2.24) is 4.57 Å². The van der Waals surface area contributed by atoms with Crippen LogP contribution in [0.3, 0.4) is 0 Å². The molecule has 0 radical (unpaired) electrons. The van der Waals surface area contributed by atoms with Crippen LogP contribution in [-0.4, -0.2) is 28.9 Å². The van der Waals surface area contributed by atoms with Crippen LogP contribution >= 0.6 is 23.2 Å². The Morgan fingerprint density at radius 2 is 1.83 bits per heavy atom. The Balaban J connectivity index is 1.80. The molecule has 0 aliphatic rings. The van der Waals surface area contributed by atoms with Crippen LogP contribution in [0.4, 0.5) is 0 Å². The minimum absolute atomic E-state index is 0.120. The van der Waals surface area contributed by atoms with Crippen LogP contribution < -0.4 is 4.74 Å². The highest BCUT2D eigenvalue weighted by atomic mass is 35.5. The predicted molar refractivity (Wildman–Crippen MR) is 116 cm³/mol. The van der Waals surface area contributed by atoms with Crippen molar-refractivity contribution in [2.75, 3.05) is 13.2 Å². The van der Waals surface area contributed by atoms with Crippen molar-refractivity contribution in [3.8, 4) is 11.5 Å². The number of nitrogens with zero attached hydrogens (tertiary/aromatic N) is 1. The second-order valence-corrected chi connectivity index (χ2v) is 7.62.